The molecule has 6 nitrogen and oxygen atoms in total. The van der Waals surface area contributed by atoms with Gasteiger partial charge in [-0.3, -0.25) is 0 Å². The SMILES string of the molecule is CC(C)c1cccc(C(C)C)c1-n1nnc2/c1=c1/cccc/c1=c1/c(nnn1-c1c(C(C)C)cccc1C(C)C)=c1/cccc/c1=2. The molecule has 0 spiro atoms. The van der Waals surface area contributed by atoms with E-state index in [1.54, 1.807) is 0 Å². The van der Waals surface area contributed by atoms with Crippen LogP contribution in [0.1, 0.15) is 101 Å². The monoisotopic (exact) mass is 606 g/mol. The van der Waals surface area contributed by atoms with E-state index in [0.29, 0.717) is 23.7 Å². The molecule has 0 aliphatic heterocycles. The first kappa shape index (κ1) is 29.8. The van der Waals surface area contributed by atoms with Crippen molar-refractivity contribution in [3.63, 3.8) is 0 Å². The largest absolute Gasteiger partial charge is 0.212 e. The second kappa shape index (κ2) is 11.5. The summed E-state index contributed by atoms with van der Waals surface area (Å²) in [6.45, 7) is 18.0. The normalized spacial score (nSPS) is 15.4. The van der Waals surface area contributed by atoms with Crippen molar-refractivity contribution in [2.75, 3.05) is 0 Å². The Bertz CT molecular complexity index is 2280. The van der Waals surface area contributed by atoms with Gasteiger partial charge in [0.25, 0.3) is 0 Å². The van der Waals surface area contributed by atoms with Crippen LogP contribution in [0.2, 0.25) is 0 Å². The summed E-state index contributed by atoms with van der Waals surface area (Å²) in [5.74, 6) is 1.24. The lowest BCUT2D eigenvalue weighted by Gasteiger charge is -2.19. The van der Waals surface area contributed by atoms with Crippen molar-refractivity contribution in [2.45, 2.75) is 79.1 Å². The van der Waals surface area contributed by atoms with Gasteiger partial charge in [0, 0.05) is 20.9 Å². The highest BCUT2D eigenvalue weighted by molar-refractivity contribution is 5.52. The van der Waals surface area contributed by atoms with Crippen LogP contribution in [0.5, 0.6) is 0 Å². The van der Waals surface area contributed by atoms with Gasteiger partial charge in [0.05, 0.1) is 11.4 Å². The fourth-order valence-electron chi connectivity index (χ4n) is 7.03. The minimum atomic E-state index is 0.309. The second-order valence-corrected chi connectivity index (χ2v) is 13.7. The summed E-state index contributed by atoms with van der Waals surface area (Å²) < 4.78 is 4.21. The minimum Gasteiger partial charge on any atom is -0.212 e. The van der Waals surface area contributed by atoms with Crippen LogP contribution < -0.4 is 0 Å². The maximum Gasteiger partial charge on any atom is 0.122 e. The molecule has 0 atom stereocenters. The fraction of sp³-hybridized carbons (Fsp3) is 0.300. The zero-order chi connectivity index (χ0) is 32.3. The first-order valence-corrected chi connectivity index (χ1v) is 16.6. The fourth-order valence-corrected chi connectivity index (χ4v) is 7.03. The predicted octanol–water partition coefficient (Wildman–Crippen LogP) is 8.80. The molecule has 1 aliphatic rings. The van der Waals surface area contributed by atoms with Crippen molar-refractivity contribution in [1.82, 2.24) is 30.0 Å². The predicted molar refractivity (Wildman–Crippen MR) is 183 cm³/mol. The van der Waals surface area contributed by atoms with E-state index in [-0.39, 0.29) is 0 Å². The van der Waals surface area contributed by atoms with Gasteiger partial charge in [0.1, 0.15) is 21.4 Å². The van der Waals surface area contributed by atoms with Crippen LogP contribution in [-0.4, -0.2) is 30.0 Å². The van der Waals surface area contributed by atoms with Crippen molar-refractivity contribution in [1.29, 1.82) is 0 Å². The highest BCUT2D eigenvalue weighted by Gasteiger charge is 2.21. The molecule has 232 valence electrons. The lowest BCUT2D eigenvalue weighted by Crippen LogP contribution is -2.10. The number of fused-ring (bicyclic) bond motifs is 4. The molecule has 4 aromatic carbocycles. The molecule has 0 unspecified atom stereocenters. The van der Waals surface area contributed by atoms with E-state index >= 15 is 0 Å². The summed E-state index contributed by atoms with van der Waals surface area (Å²) in [6, 6.07) is 30.3. The van der Waals surface area contributed by atoms with Crippen LogP contribution in [-0.2, 0) is 0 Å². The van der Waals surface area contributed by atoms with Crippen LogP contribution in [0.3, 0.4) is 0 Å². The van der Waals surface area contributed by atoms with Crippen LogP contribution in [0, 0.1) is 42.3 Å². The average molecular weight is 607 g/mol. The number of nitrogens with zero attached hydrogens (tertiary/aromatic N) is 6. The van der Waals surface area contributed by atoms with Crippen LogP contribution in [0.25, 0.3) is 11.4 Å². The smallest absolute Gasteiger partial charge is 0.122 e. The Balaban J connectivity index is 1.84. The van der Waals surface area contributed by atoms with Gasteiger partial charge >= 0.3 is 0 Å². The summed E-state index contributed by atoms with van der Waals surface area (Å²) in [7, 11) is 0. The lowest BCUT2D eigenvalue weighted by atomic mass is 9.92. The third kappa shape index (κ3) is 4.61. The Labute approximate surface area is 269 Å². The number of hydrogen-bond donors (Lipinski definition) is 0. The van der Waals surface area contributed by atoms with Crippen molar-refractivity contribution in [2.24, 2.45) is 0 Å². The molecule has 0 N–H and O–H groups in total. The molecule has 6 heteroatoms. The lowest BCUT2D eigenvalue weighted by molar-refractivity contribution is 0.729. The molecule has 2 heterocycles. The van der Waals surface area contributed by atoms with Gasteiger partial charge in [-0.2, -0.15) is 0 Å². The summed E-state index contributed by atoms with van der Waals surface area (Å²) in [5, 5.41) is 27.6. The number of benzene rings is 4. The van der Waals surface area contributed by atoms with Crippen LogP contribution in [0.4, 0.5) is 0 Å². The molecule has 0 bridgehead atoms. The Kier molecular flexibility index (Phi) is 7.47. The summed E-state index contributed by atoms with van der Waals surface area (Å²) in [5.41, 5.74) is 7.26. The van der Waals surface area contributed by atoms with Gasteiger partial charge in [-0.05, 0) is 45.9 Å². The second-order valence-electron chi connectivity index (χ2n) is 13.7. The van der Waals surface area contributed by atoms with Gasteiger partial charge in [0.15, 0.2) is 0 Å². The van der Waals surface area contributed by atoms with Crippen LogP contribution in [0.15, 0.2) is 84.9 Å². The summed E-state index contributed by atoms with van der Waals surface area (Å²) >= 11 is 0. The topological polar surface area (TPSA) is 61.4 Å². The minimum absolute atomic E-state index is 0.309. The van der Waals surface area contributed by atoms with Gasteiger partial charge in [-0.15, -0.1) is 10.2 Å². The van der Waals surface area contributed by atoms with Crippen LogP contribution >= 0.6 is 0 Å². The zero-order valence-electron chi connectivity index (χ0n) is 28.1. The van der Waals surface area contributed by atoms with E-state index in [4.69, 9.17) is 20.6 Å². The third-order valence-corrected chi connectivity index (χ3v) is 9.32. The standard InChI is InChI=1S/C40H42N6/c1-23(2)27-19-13-20-28(24(3)4)37(27)45-39-33-17-11-12-18-34(33)40-36(32-16-10-9-15-31(32)35(39)41-43-45)42-44-46(40)38-29(25(5)6)21-14-22-30(38)26(7)8/h9-26H,1-8H3/b35-31+,36-32+,39-33+,40-34+. The molecule has 46 heavy (non-hydrogen) atoms. The maximum atomic E-state index is 4.96. The number of rotatable bonds is 6. The molecule has 0 radical (unpaired) electrons. The number of hydrogen-bond acceptors (Lipinski definition) is 4. The summed E-state index contributed by atoms with van der Waals surface area (Å²) in [4.78, 5) is 0. The van der Waals surface area contributed by atoms with Crippen molar-refractivity contribution < 1.29 is 0 Å². The molecule has 0 fully saturated rings. The van der Waals surface area contributed by atoms with E-state index in [1.807, 2.05) is 0 Å². The van der Waals surface area contributed by atoms with E-state index in [2.05, 4.69) is 150 Å². The Morgan fingerprint density at radius 1 is 0.391 bits per heavy atom. The third-order valence-electron chi connectivity index (χ3n) is 9.32. The zero-order valence-corrected chi connectivity index (χ0v) is 28.1. The molecule has 0 saturated carbocycles. The Hall–Kier alpha value is -4.84. The molecule has 6 aromatic rings. The van der Waals surface area contributed by atoms with Gasteiger partial charge in [0.2, 0.25) is 0 Å². The van der Waals surface area contributed by atoms with E-state index in [9.17, 15) is 0 Å². The Morgan fingerprint density at radius 2 is 0.696 bits per heavy atom. The molecular weight excluding hydrogens is 564 g/mol. The van der Waals surface area contributed by atoms with Crippen molar-refractivity contribution in [3.05, 3.63) is 149 Å². The highest BCUT2D eigenvalue weighted by atomic mass is 15.4. The molecule has 7 rings (SSSR count). The van der Waals surface area contributed by atoms with E-state index < -0.39 is 0 Å². The molecule has 2 aromatic heterocycles. The molecule has 0 amide bonds. The number of aromatic nitrogens is 6. The number of para-hydroxylation sites is 2. The highest BCUT2D eigenvalue weighted by Crippen LogP contribution is 2.33. The Morgan fingerprint density at radius 3 is 1.00 bits per heavy atom. The molecule has 1 aliphatic carbocycles. The van der Waals surface area contributed by atoms with Gasteiger partial charge in [-0.25, -0.2) is 9.36 Å². The molecule has 0 saturated heterocycles. The van der Waals surface area contributed by atoms with E-state index in [0.717, 1.165) is 53.6 Å². The summed E-state index contributed by atoms with van der Waals surface area (Å²) in [6.07, 6.45) is 0. The van der Waals surface area contributed by atoms with E-state index in [1.165, 1.54) is 22.3 Å². The van der Waals surface area contributed by atoms with Gasteiger partial charge in [-0.1, -0.05) is 151 Å². The average Bonchev–Trinajstić information content (AvgIpc) is 3.68. The quantitative estimate of drug-likeness (QED) is 0.190. The maximum absolute atomic E-state index is 4.96. The first-order valence-electron chi connectivity index (χ1n) is 16.6. The van der Waals surface area contributed by atoms with Gasteiger partial charge < -0.3 is 0 Å². The van der Waals surface area contributed by atoms with Crippen molar-refractivity contribution in [3.8, 4) is 11.4 Å². The first-order chi connectivity index (χ1) is 22.2. The molecular formula is C40H42N6. The van der Waals surface area contributed by atoms with Crippen molar-refractivity contribution >= 4 is 0 Å².